The van der Waals surface area contributed by atoms with Crippen LogP contribution in [0.25, 0.3) is 0 Å². The van der Waals surface area contributed by atoms with E-state index >= 15 is 0 Å². The largest absolute Gasteiger partial charge is 0.416 e. The van der Waals surface area contributed by atoms with Gasteiger partial charge in [0.25, 0.3) is 5.91 Å². The maximum atomic E-state index is 12.6. The zero-order valence-corrected chi connectivity index (χ0v) is 12.7. The molecular weight excluding hydrogens is 319 g/mol. The lowest BCUT2D eigenvalue weighted by Crippen LogP contribution is -2.21. The molecule has 0 radical (unpaired) electrons. The molecule has 0 saturated carbocycles. The van der Waals surface area contributed by atoms with Gasteiger partial charge in [0.2, 0.25) is 0 Å². The van der Waals surface area contributed by atoms with Crippen molar-refractivity contribution < 1.29 is 23.1 Å². The molecule has 126 valence electrons. The van der Waals surface area contributed by atoms with Gasteiger partial charge in [0, 0.05) is 17.7 Å². The second-order valence-corrected chi connectivity index (χ2v) is 5.87. The highest BCUT2D eigenvalue weighted by Crippen LogP contribution is 2.30. The Kier molecular flexibility index (Phi) is 4.32. The number of aliphatic hydroxyl groups is 1. The smallest absolute Gasteiger partial charge is 0.393 e. The SMILES string of the molecule is O=C(Nc1cccc2c1C[C@@H](O)CC2)c1ccc(C(F)(F)F)cc1. The zero-order chi connectivity index (χ0) is 17.3. The molecule has 0 spiro atoms. The van der Waals surface area contributed by atoms with Crippen molar-refractivity contribution in [1.82, 2.24) is 0 Å². The van der Waals surface area contributed by atoms with Gasteiger partial charge in [-0.1, -0.05) is 12.1 Å². The summed E-state index contributed by atoms with van der Waals surface area (Å²) in [6, 6.07) is 9.59. The highest BCUT2D eigenvalue weighted by molar-refractivity contribution is 6.04. The predicted octanol–water partition coefficient (Wildman–Crippen LogP) is 3.81. The first-order valence-electron chi connectivity index (χ1n) is 7.62. The Morgan fingerprint density at radius 2 is 1.83 bits per heavy atom. The van der Waals surface area contributed by atoms with Crippen molar-refractivity contribution >= 4 is 11.6 Å². The van der Waals surface area contributed by atoms with Crippen LogP contribution in [0.5, 0.6) is 0 Å². The molecule has 24 heavy (non-hydrogen) atoms. The Morgan fingerprint density at radius 3 is 2.50 bits per heavy atom. The van der Waals surface area contributed by atoms with E-state index in [1.165, 1.54) is 0 Å². The summed E-state index contributed by atoms with van der Waals surface area (Å²) >= 11 is 0. The molecule has 0 bridgehead atoms. The number of fused-ring (bicyclic) bond motifs is 1. The van der Waals surface area contributed by atoms with Crippen LogP contribution in [0.15, 0.2) is 42.5 Å². The van der Waals surface area contributed by atoms with Crippen molar-refractivity contribution in [2.45, 2.75) is 31.5 Å². The Hall–Kier alpha value is -2.34. The monoisotopic (exact) mass is 335 g/mol. The van der Waals surface area contributed by atoms with E-state index in [2.05, 4.69) is 5.32 Å². The number of benzene rings is 2. The molecule has 6 heteroatoms. The Balaban J connectivity index is 1.81. The summed E-state index contributed by atoms with van der Waals surface area (Å²) in [5.74, 6) is -0.475. The number of carbonyl (C=O) groups is 1. The van der Waals surface area contributed by atoms with Gasteiger partial charge in [0.15, 0.2) is 0 Å². The lowest BCUT2D eigenvalue weighted by atomic mass is 9.88. The number of rotatable bonds is 2. The lowest BCUT2D eigenvalue weighted by molar-refractivity contribution is -0.137. The van der Waals surface area contributed by atoms with Gasteiger partial charge in [-0.25, -0.2) is 0 Å². The van der Waals surface area contributed by atoms with E-state index in [4.69, 9.17) is 0 Å². The van der Waals surface area contributed by atoms with Crippen LogP contribution in [0.3, 0.4) is 0 Å². The number of halogens is 3. The Labute approximate surface area is 137 Å². The average Bonchev–Trinajstić information content (AvgIpc) is 2.54. The summed E-state index contributed by atoms with van der Waals surface area (Å²) < 4.78 is 37.7. The van der Waals surface area contributed by atoms with Crippen LogP contribution >= 0.6 is 0 Å². The standard InChI is InChI=1S/C18H16F3NO2/c19-18(20,21)13-7-4-12(5-8-13)17(24)22-16-3-1-2-11-6-9-14(23)10-15(11)16/h1-5,7-8,14,23H,6,9-10H2,(H,22,24)/t14-/m0/s1. The molecule has 3 nitrogen and oxygen atoms in total. The summed E-state index contributed by atoms with van der Waals surface area (Å²) in [5, 5.41) is 12.6. The molecule has 0 aromatic heterocycles. The van der Waals surface area contributed by atoms with Crippen LogP contribution in [0.4, 0.5) is 18.9 Å². The number of hydrogen-bond donors (Lipinski definition) is 2. The van der Waals surface area contributed by atoms with E-state index in [0.29, 0.717) is 18.5 Å². The first-order valence-corrected chi connectivity index (χ1v) is 7.62. The number of amides is 1. The molecule has 2 aromatic rings. The summed E-state index contributed by atoms with van der Waals surface area (Å²) in [6.07, 6.45) is -2.99. The lowest BCUT2D eigenvalue weighted by Gasteiger charge is -2.23. The zero-order valence-electron chi connectivity index (χ0n) is 12.7. The molecular formula is C18H16F3NO2. The molecule has 1 amide bonds. The van der Waals surface area contributed by atoms with Gasteiger partial charge in [-0.2, -0.15) is 13.2 Å². The second kappa shape index (κ2) is 6.28. The average molecular weight is 335 g/mol. The molecule has 0 fully saturated rings. The third-order valence-corrected chi connectivity index (χ3v) is 4.18. The van der Waals surface area contributed by atoms with Crippen LogP contribution in [0.1, 0.15) is 33.5 Å². The van der Waals surface area contributed by atoms with Crippen molar-refractivity contribution in [3.63, 3.8) is 0 Å². The van der Waals surface area contributed by atoms with Gasteiger partial charge in [-0.3, -0.25) is 4.79 Å². The van der Waals surface area contributed by atoms with Gasteiger partial charge in [-0.05, 0) is 54.3 Å². The fraction of sp³-hybridized carbons (Fsp3) is 0.278. The molecule has 0 heterocycles. The molecule has 1 aliphatic rings. The number of aliphatic hydroxyl groups excluding tert-OH is 1. The number of anilines is 1. The fourth-order valence-corrected chi connectivity index (χ4v) is 2.89. The summed E-state index contributed by atoms with van der Waals surface area (Å²) in [6.45, 7) is 0. The molecule has 1 aliphatic carbocycles. The quantitative estimate of drug-likeness (QED) is 0.877. The van der Waals surface area contributed by atoms with Gasteiger partial charge >= 0.3 is 6.18 Å². The van der Waals surface area contributed by atoms with E-state index in [1.54, 1.807) is 6.07 Å². The second-order valence-electron chi connectivity index (χ2n) is 5.87. The van der Waals surface area contributed by atoms with Gasteiger partial charge < -0.3 is 10.4 Å². The van der Waals surface area contributed by atoms with Crippen LogP contribution in [0.2, 0.25) is 0 Å². The molecule has 2 aromatic carbocycles. The Morgan fingerprint density at radius 1 is 1.12 bits per heavy atom. The maximum Gasteiger partial charge on any atom is 0.416 e. The fourth-order valence-electron chi connectivity index (χ4n) is 2.89. The van der Waals surface area contributed by atoms with Crippen molar-refractivity contribution in [3.8, 4) is 0 Å². The number of alkyl halides is 3. The van der Waals surface area contributed by atoms with E-state index in [0.717, 1.165) is 41.8 Å². The van der Waals surface area contributed by atoms with Crippen molar-refractivity contribution in [2.75, 3.05) is 5.32 Å². The van der Waals surface area contributed by atoms with Crippen LogP contribution in [0, 0.1) is 0 Å². The Bertz CT molecular complexity index is 754. The highest BCUT2D eigenvalue weighted by Gasteiger charge is 2.30. The topological polar surface area (TPSA) is 49.3 Å². The summed E-state index contributed by atoms with van der Waals surface area (Å²) in [7, 11) is 0. The molecule has 0 saturated heterocycles. The maximum absolute atomic E-state index is 12.6. The van der Waals surface area contributed by atoms with Crippen LogP contribution < -0.4 is 5.32 Å². The highest BCUT2D eigenvalue weighted by atomic mass is 19.4. The number of aryl methyl sites for hydroxylation is 1. The predicted molar refractivity (Wildman–Crippen MR) is 83.9 cm³/mol. The van der Waals surface area contributed by atoms with Crippen molar-refractivity contribution in [1.29, 1.82) is 0 Å². The first-order chi connectivity index (χ1) is 11.3. The number of hydrogen-bond acceptors (Lipinski definition) is 2. The van der Waals surface area contributed by atoms with Crippen LogP contribution in [-0.2, 0) is 19.0 Å². The van der Waals surface area contributed by atoms with E-state index in [9.17, 15) is 23.1 Å². The normalized spacial score (nSPS) is 17.2. The molecule has 0 unspecified atom stereocenters. The summed E-state index contributed by atoms with van der Waals surface area (Å²) in [4.78, 5) is 12.3. The van der Waals surface area contributed by atoms with Gasteiger partial charge in [0.1, 0.15) is 0 Å². The molecule has 2 N–H and O–H groups in total. The van der Waals surface area contributed by atoms with Gasteiger partial charge in [-0.15, -0.1) is 0 Å². The minimum atomic E-state index is -4.43. The molecule has 1 atom stereocenters. The molecule has 3 rings (SSSR count). The third kappa shape index (κ3) is 3.43. The van der Waals surface area contributed by atoms with E-state index in [-0.39, 0.29) is 5.56 Å². The summed E-state index contributed by atoms with van der Waals surface area (Å²) in [5.41, 5.74) is 1.91. The van der Waals surface area contributed by atoms with Crippen LogP contribution in [-0.4, -0.2) is 17.1 Å². The first kappa shape index (κ1) is 16.5. The third-order valence-electron chi connectivity index (χ3n) is 4.18. The molecule has 0 aliphatic heterocycles. The minimum absolute atomic E-state index is 0.150. The van der Waals surface area contributed by atoms with Gasteiger partial charge in [0.05, 0.1) is 11.7 Å². The van der Waals surface area contributed by atoms with E-state index in [1.807, 2.05) is 12.1 Å². The van der Waals surface area contributed by atoms with E-state index < -0.39 is 23.8 Å². The van der Waals surface area contributed by atoms with Crippen molar-refractivity contribution in [2.24, 2.45) is 0 Å². The number of carbonyl (C=O) groups excluding carboxylic acids is 1. The van der Waals surface area contributed by atoms with Crippen molar-refractivity contribution in [3.05, 3.63) is 64.7 Å². The number of nitrogens with one attached hydrogen (secondary N) is 1. The minimum Gasteiger partial charge on any atom is -0.393 e.